The van der Waals surface area contributed by atoms with Gasteiger partial charge in [0.2, 0.25) is 0 Å². The van der Waals surface area contributed by atoms with Crippen molar-refractivity contribution in [3.05, 3.63) is 11.6 Å². The van der Waals surface area contributed by atoms with E-state index in [9.17, 15) is 15.0 Å². The van der Waals surface area contributed by atoms with Gasteiger partial charge in [0.1, 0.15) is 5.78 Å². The molecule has 0 aromatic heterocycles. The van der Waals surface area contributed by atoms with Gasteiger partial charge in [-0.05, 0) is 90.8 Å². The smallest absolute Gasteiger partial charge is 0.139 e. The highest BCUT2D eigenvalue weighted by atomic mass is 16.3. The van der Waals surface area contributed by atoms with Crippen molar-refractivity contribution in [2.45, 2.75) is 112 Å². The van der Waals surface area contributed by atoms with Crippen LogP contribution in [0.25, 0.3) is 0 Å². The van der Waals surface area contributed by atoms with E-state index in [4.69, 9.17) is 0 Å². The van der Waals surface area contributed by atoms with Gasteiger partial charge in [-0.15, -0.1) is 0 Å². The molecule has 0 unspecified atom stereocenters. The fourth-order valence-corrected chi connectivity index (χ4v) is 10.5. The summed E-state index contributed by atoms with van der Waals surface area (Å²) in [5, 5.41) is 21.3. The molecule has 3 nitrogen and oxygen atoms in total. The summed E-state index contributed by atoms with van der Waals surface area (Å²) in [7, 11) is 0. The highest BCUT2D eigenvalue weighted by molar-refractivity contribution is 5.87. The molecule has 5 aliphatic carbocycles. The number of hydrogen-bond donors (Lipinski definition) is 2. The molecule has 5 rings (SSSR count). The molecule has 5 aliphatic rings. The lowest BCUT2D eigenvalue weighted by Crippen LogP contribution is -2.65. The molecular weight excluding hydrogens is 408 g/mol. The van der Waals surface area contributed by atoms with E-state index in [0.29, 0.717) is 23.5 Å². The molecule has 3 heteroatoms. The first-order valence-electron chi connectivity index (χ1n) is 13.7. The fourth-order valence-electron chi connectivity index (χ4n) is 10.5. The number of allylic oxidation sites excluding steroid dienone is 2. The summed E-state index contributed by atoms with van der Waals surface area (Å²) in [6.45, 7) is 16.7. The Labute approximate surface area is 201 Å². The SMILES string of the molecule is CC1(C)CC(=O)[C@]2(C)CC[C@]3(C)C(=CC[C@@H]4[C@@]5(C)CC[C@H](O)[C@](C)(CO)[C@@H]5CC[C@]43C)[C@@H]2C1. The van der Waals surface area contributed by atoms with Gasteiger partial charge >= 0.3 is 0 Å². The maximum absolute atomic E-state index is 13.4. The molecule has 186 valence electrons. The Bertz CT molecular complexity index is 889. The molecular formula is C30H48O3. The molecule has 4 fully saturated rings. The van der Waals surface area contributed by atoms with Crippen LogP contribution in [0.1, 0.15) is 106 Å². The van der Waals surface area contributed by atoms with Gasteiger partial charge in [0.25, 0.3) is 0 Å². The first-order valence-corrected chi connectivity index (χ1v) is 13.7. The summed E-state index contributed by atoms with van der Waals surface area (Å²) in [4.78, 5) is 13.4. The van der Waals surface area contributed by atoms with Crippen LogP contribution in [0.5, 0.6) is 0 Å². The zero-order valence-electron chi connectivity index (χ0n) is 22.3. The van der Waals surface area contributed by atoms with E-state index < -0.39 is 11.5 Å². The molecule has 0 amide bonds. The second-order valence-electron chi connectivity index (χ2n) is 15.0. The molecule has 0 heterocycles. The van der Waals surface area contributed by atoms with E-state index >= 15 is 0 Å². The summed E-state index contributed by atoms with van der Waals surface area (Å²) in [5.41, 5.74) is 1.58. The standard InChI is InChI=1S/C30H48O3/c1-25(2)16-20-19-8-9-22-27(4)12-11-23(32)28(5,18-31)21(27)10-13-30(22,7)29(19,6)15-14-26(20,3)24(33)17-25/h8,20-23,31-32H,9-18H2,1-7H3/t20-,21+,22+,23-,26+,27-,28+,29+,30+/m0/s1. The van der Waals surface area contributed by atoms with Crippen molar-refractivity contribution < 1.29 is 15.0 Å². The number of hydrogen-bond acceptors (Lipinski definition) is 3. The Hall–Kier alpha value is -0.670. The van der Waals surface area contributed by atoms with Crippen molar-refractivity contribution >= 4 is 5.78 Å². The van der Waals surface area contributed by atoms with Gasteiger partial charge in [-0.3, -0.25) is 4.79 Å². The summed E-state index contributed by atoms with van der Waals surface area (Å²) >= 11 is 0. The van der Waals surface area contributed by atoms with Crippen molar-refractivity contribution in [3.63, 3.8) is 0 Å². The van der Waals surface area contributed by atoms with Gasteiger partial charge in [0.15, 0.2) is 0 Å². The van der Waals surface area contributed by atoms with Gasteiger partial charge in [0, 0.05) is 17.3 Å². The molecule has 0 bridgehead atoms. The zero-order chi connectivity index (χ0) is 24.2. The first-order chi connectivity index (χ1) is 15.2. The number of rotatable bonds is 1. The molecule has 0 aromatic rings. The van der Waals surface area contributed by atoms with E-state index in [1.165, 1.54) is 0 Å². The molecule has 0 aliphatic heterocycles. The van der Waals surface area contributed by atoms with Crippen molar-refractivity contribution in [1.29, 1.82) is 0 Å². The Morgan fingerprint density at radius 1 is 0.939 bits per heavy atom. The van der Waals surface area contributed by atoms with Crippen LogP contribution in [0.2, 0.25) is 0 Å². The largest absolute Gasteiger partial charge is 0.396 e. The normalized spacial score (nSPS) is 55.5. The quantitative estimate of drug-likeness (QED) is 0.454. The zero-order valence-corrected chi connectivity index (χ0v) is 22.3. The number of carbonyl (C=O) groups is 1. The molecule has 33 heavy (non-hydrogen) atoms. The topological polar surface area (TPSA) is 57.5 Å². The minimum atomic E-state index is -0.402. The predicted octanol–water partition coefficient (Wildman–Crippen LogP) is 6.32. The van der Waals surface area contributed by atoms with Crippen LogP contribution in [0, 0.1) is 50.2 Å². The van der Waals surface area contributed by atoms with Gasteiger partial charge in [0.05, 0.1) is 12.7 Å². The molecule has 2 N–H and O–H groups in total. The van der Waals surface area contributed by atoms with Crippen LogP contribution in [-0.4, -0.2) is 28.7 Å². The Balaban J connectivity index is 1.59. The Kier molecular flexibility index (Phi) is 5.07. The van der Waals surface area contributed by atoms with Crippen LogP contribution >= 0.6 is 0 Å². The average Bonchev–Trinajstić information content (AvgIpc) is 2.73. The summed E-state index contributed by atoms with van der Waals surface area (Å²) in [6.07, 6.45) is 11.4. The number of Topliss-reactive ketones (excluding diaryl/α,β-unsaturated/α-hetero) is 1. The predicted molar refractivity (Wildman–Crippen MR) is 133 cm³/mol. The highest BCUT2D eigenvalue weighted by Crippen LogP contribution is 2.75. The third-order valence-corrected chi connectivity index (χ3v) is 13.0. The van der Waals surface area contributed by atoms with E-state index in [1.54, 1.807) is 5.57 Å². The molecule has 0 radical (unpaired) electrons. The summed E-state index contributed by atoms with van der Waals surface area (Å²) in [6, 6.07) is 0. The molecule has 9 atom stereocenters. The molecule has 0 saturated heterocycles. The third-order valence-electron chi connectivity index (χ3n) is 13.0. The molecule has 0 spiro atoms. The van der Waals surface area contributed by atoms with Gasteiger partial charge < -0.3 is 10.2 Å². The lowest BCUT2D eigenvalue weighted by Gasteiger charge is -2.71. The Morgan fingerprint density at radius 3 is 2.30 bits per heavy atom. The van der Waals surface area contributed by atoms with Crippen molar-refractivity contribution in [1.82, 2.24) is 0 Å². The number of aliphatic hydroxyl groups is 2. The van der Waals surface area contributed by atoms with Crippen molar-refractivity contribution in [3.8, 4) is 0 Å². The van der Waals surface area contributed by atoms with Gasteiger partial charge in [-0.25, -0.2) is 0 Å². The summed E-state index contributed by atoms with van der Waals surface area (Å²) < 4.78 is 0. The first kappa shape index (κ1) is 24.0. The number of ketones is 1. The fraction of sp³-hybridized carbons (Fsp3) is 0.900. The van der Waals surface area contributed by atoms with Crippen molar-refractivity contribution in [2.24, 2.45) is 50.2 Å². The maximum Gasteiger partial charge on any atom is 0.139 e. The third kappa shape index (κ3) is 2.85. The second kappa shape index (κ2) is 6.96. The minimum absolute atomic E-state index is 0.0772. The number of carbonyl (C=O) groups excluding carboxylic acids is 1. The number of fused-ring (bicyclic) bond motifs is 7. The van der Waals surface area contributed by atoms with Gasteiger partial charge in [-0.2, -0.15) is 0 Å². The maximum atomic E-state index is 13.4. The van der Waals surface area contributed by atoms with Crippen LogP contribution in [0.4, 0.5) is 0 Å². The molecule has 0 aromatic carbocycles. The van der Waals surface area contributed by atoms with E-state index in [0.717, 1.165) is 57.8 Å². The van der Waals surface area contributed by atoms with E-state index in [2.05, 4.69) is 54.5 Å². The highest BCUT2D eigenvalue weighted by Gasteiger charge is 2.69. The lowest BCUT2D eigenvalue weighted by atomic mass is 9.33. The van der Waals surface area contributed by atoms with Gasteiger partial charge in [-0.1, -0.05) is 60.1 Å². The van der Waals surface area contributed by atoms with Crippen molar-refractivity contribution in [2.75, 3.05) is 6.61 Å². The second-order valence-corrected chi connectivity index (χ2v) is 15.0. The van der Waals surface area contributed by atoms with E-state index in [1.807, 2.05) is 0 Å². The van der Waals surface area contributed by atoms with E-state index in [-0.39, 0.29) is 33.7 Å². The summed E-state index contributed by atoms with van der Waals surface area (Å²) in [5.74, 6) is 1.80. The monoisotopic (exact) mass is 456 g/mol. The molecule has 4 saturated carbocycles. The minimum Gasteiger partial charge on any atom is -0.396 e. The van der Waals surface area contributed by atoms with Crippen LogP contribution in [0.3, 0.4) is 0 Å². The van der Waals surface area contributed by atoms with Crippen LogP contribution in [-0.2, 0) is 4.79 Å². The average molecular weight is 457 g/mol. The lowest BCUT2D eigenvalue weighted by molar-refractivity contribution is -0.214. The number of aliphatic hydroxyl groups excluding tert-OH is 2. The van der Waals surface area contributed by atoms with Crippen LogP contribution < -0.4 is 0 Å². The Morgan fingerprint density at radius 2 is 1.64 bits per heavy atom. The van der Waals surface area contributed by atoms with Crippen LogP contribution in [0.15, 0.2) is 11.6 Å².